The molecule has 19 heavy (non-hydrogen) atoms. The van der Waals surface area contributed by atoms with Crippen LogP contribution in [0.1, 0.15) is 25.7 Å². The average Bonchev–Trinajstić information content (AvgIpc) is 2.88. The molecule has 0 saturated heterocycles. The van der Waals surface area contributed by atoms with Gasteiger partial charge in [0.05, 0.1) is 17.8 Å². The lowest BCUT2D eigenvalue weighted by Crippen LogP contribution is -2.40. The number of benzene rings is 1. The van der Waals surface area contributed by atoms with Gasteiger partial charge in [0, 0.05) is 0 Å². The van der Waals surface area contributed by atoms with Crippen LogP contribution >= 0.6 is 0 Å². The minimum absolute atomic E-state index is 0.241. The fourth-order valence-electron chi connectivity index (χ4n) is 1.63. The lowest BCUT2D eigenvalue weighted by atomic mass is 10.2. The van der Waals surface area contributed by atoms with E-state index in [2.05, 4.69) is 20.8 Å². The van der Waals surface area contributed by atoms with Crippen molar-refractivity contribution in [1.29, 1.82) is 0 Å². The number of hydrogen-bond donors (Lipinski definition) is 2. The van der Waals surface area contributed by atoms with Gasteiger partial charge in [-0.3, -0.25) is 4.79 Å². The number of hydrogen-bond acceptors (Lipinski definition) is 5. The Morgan fingerprint density at radius 1 is 1.32 bits per heavy atom. The quantitative estimate of drug-likeness (QED) is 0.817. The van der Waals surface area contributed by atoms with E-state index < -0.39 is 6.04 Å². The molecule has 2 atom stereocenters. The van der Waals surface area contributed by atoms with E-state index in [1.807, 2.05) is 37.3 Å². The number of rotatable bonds is 4. The number of nitrogens with zero attached hydrogens (tertiary/aromatic N) is 4. The van der Waals surface area contributed by atoms with Gasteiger partial charge < -0.3 is 11.1 Å². The van der Waals surface area contributed by atoms with Crippen molar-refractivity contribution in [2.24, 2.45) is 5.73 Å². The largest absolute Gasteiger partial charge is 0.345 e. The maximum atomic E-state index is 11.6. The maximum absolute atomic E-state index is 11.6. The molecule has 3 N–H and O–H groups in total. The third-order valence-corrected chi connectivity index (χ3v) is 2.65. The molecule has 2 aromatic rings. The molecular formula is C12H16N6O. The fourth-order valence-corrected chi connectivity index (χ4v) is 1.63. The maximum Gasteiger partial charge on any atom is 0.237 e. The van der Waals surface area contributed by atoms with Crippen LogP contribution in [0.25, 0.3) is 5.69 Å². The molecule has 7 heteroatoms. The summed E-state index contributed by atoms with van der Waals surface area (Å²) >= 11 is 0. The summed E-state index contributed by atoms with van der Waals surface area (Å²) in [6.07, 6.45) is 0. The van der Waals surface area contributed by atoms with E-state index >= 15 is 0 Å². The molecule has 0 aliphatic carbocycles. The van der Waals surface area contributed by atoms with Gasteiger partial charge in [0.2, 0.25) is 5.91 Å². The topological polar surface area (TPSA) is 98.7 Å². The van der Waals surface area contributed by atoms with Crippen LogP contribution in [0.15, 0.2) is 30.3 Å². The number of amides is 1. The van der Waals surface area contributed by atoms with E-state index in [9.17, 15) is 4.79 Å². The predicted molar refractivity (Wildman–Crippen MR) is 69.4 cm³/mol. The number of tetrazole rings is 1. The second kappa shape index (κ2) is 5.57. The smallest absolute Gasteiger partial charge is 0.237 e. The Labute approximate surface area is 110 Å². The molecule has 100 valence electrons. The van der Waals surface area contributed by atoms with Crippen LogP contribution in [0.2, 0.25) is 0 Å². The van der Waals surface area contributed by atoms with Gasteiger partial charge in [-0.25, -0.2) is 0 Å². The summed E-state index contributed by atoms with van der Waals surface area (Å²) in [5.74, 6) is 0.315. The van der Waals surface area contributed by atoms with Crippen LogP contribution in [0.3, 0.4) is 0 Å². The summed E-state index contributed by atoms with van der Waals surface area (Å²) in [6.45, 7) is 3.44. The van der Waals surface area contributed by atoms with Crippen LogP contribution in [-0.2, 0) is 4.79 Å². The number of carbonyl (C=O) groups is 1. The van der Waals surface area contributed by atoms with Gasteiger partial charge in [-0.15, -0.1) is 5.10 Å². The summed E-state index contributed by atoms with van der Waals surface area (Å²) in [7, 11) is 0. The Morgan fingerprint density at radius 2 is 2.00 bits per heavy atom. The normalized spacial score (nSPS) is 13.8. The van der Waals surface area contributed by atoms with Crippen molar-refractivity contribution in [3.8, 4) is 5.69 Å². The number of nitrogens with one attached hydrogen (secondary N) is 1. The molecule has 0 aliphatic heterocycles. The van der Waals surface area contributed by atoms with Crippen molar-refractivity contribution < 1.29 is 4.79 Å². The summed E-state index contributed by atoms with van der Waals surface area (Å²) < 4.78 is 1.59. The van der Waals surface area contributed by atoms with Crippen molar-refractivity contribution in [2.75, 3.05) is 0 Å². The molecule has 1 unspecified atom stereocenters. The molecule has 2 rings (SSSR count). The van der Waals surface area contributed by atoms with Crippen molar-refractivity contribution in [3.63, 3.8) is 0 Å². The van der Waals surface area contributed by atoms with Gasteiger partial charge in [0.1, 0.15) is 0 Å². The van der Waals surface area contributed by atoms with Crippen molar-refractivity contribution in [3.05, 3.63) is 36.2 Å². The molecule has 0 spiro atoms. The van der Waals surface area contributed by atoms with Crippen molar-refractivity contribution in [2.45, 2.75) is 25.9 Å². The Hall–Kier alpha value is -2.28. The molecule has 0 radical (unpaired) electrons. The minimum Gasteiger partial charge on any atom is -0.345 e. The van der Waals surface area contributed by atoms with Crippen LogP contribution in [0, 0.1) is 0 Å². The van der Waals surface area contributed by atoms with Crippen molar-refractivity contribution >= 4 is 5.91 Å². The van der Waals surface area contributed by atoms with Gasteiger partial charge in [-0.1, -0.05) is 18.2 Å². The molecule has 1 heterocycles. The zero-order valence-corrected chi connectivity index (χ0v) is 10.8. The van der Waals surface area contributed by atoms with Gasteiger partial charge in [0.15, 0.2) is 5.82 Å². The number of nitrogens with two attached hydrogens (primary N) is 1. The lowest BCUT2D eigenvalue weighted by molar-refractivity contribution is -0.122. The van der Waals surface area contributed by atoms with E-state index in [4.69, 9.17) is 5.73 Å². The second-order valence-electron chi connectivity index (χ2n) is 4.30. The van der Waals surface area contributed by atoms with E-state index in [1.165, 1.54) is 0 Å². The van der Waals surface area contributed by atoms with Gasteiger partial charge in [0.25, 0.3) is 0 Å². The standard InChI is InChI=1S/C12H16N6O/c1-8(13)12(19)14-9(2)11-15-16-17-18(11)10-6-4-3-5-7-10/h3-9H,13H2,1-2H3,(H,14,19)/t8-,9?/m1/s1. The predicted octanol–water partition coefficient (Wildman–Crippen LogP) is 0.187. The lowest BCUT2D eigenvalue weighted by Gasteiger charge is -2.15. The highest BCUT2D eigenvalue weighted by Gasteiger charge is 2.19. The fraction of sp³-hybridized carbons (Fsp3) is 0.333. The SMILES string of the molecule is CC(NC(=O)[C@@H](C)N)c1nnnn1-c1ccccc1. The van der Waals surface area contributed by atoms with Crippen LogP contribution in [0.4, 0.5) is 0 Å². The zero-order valence-electron chi connectivity index (χ0n) is 10.8. The molecular weight excluding hydrogens is 244 g/mol. The van der Waals surface area contributed by atoms with Crippen LogP contribution in [0.5, 0.6) is 0 Å². The van der Waals surface area contributed by atoms with Gasteiger partial charge >= 0.3 is 0 Å². The number of aromatic nitrogens is 4. The Morgan fingerprint density at radius 3 is 2.63 bits per heavy atom. The van der Waals surface area contributed by atoms with Crippen LogP contribution in [-0.4, -0.2) is 32.2 Å². The first-order valence-corrected chi connectivity index (χ1v) is 5.99. The molecule has 0 fully saturated rings. The molecule has 1 aromatic heterocycles. The van der Waals surface area contributed by atoms with Gasteiger partial charge in [-0.05, 0) is 36.4 Å². The Kier molecular flexibility index (Phi) is 3.86. The van der Waals surface area contributed by atoms with E-state index in [-0.39, 0.29) is 11.9 Å². The molecule has 0 bridgehead atoms. The van der Waals surface area contributed by atoms with E-state index in [1.54, 1.807) is 11.6 Å². The van der Waals surface area contributed by atoms with Gasteiger partial charge in [-0.2, -0.15) is 4.68 Å². The molecule has 1 amide bonds. The average molecular weight is 260 g/mol. The third kappa shape index (κ3) is 2.94. The zero-order chi connectivity index (χ0) is 13.8. The third-order valence-electron chi connectivity index (χ3n) is 2.65. The highest BCUT2D eigenvalue weighted by molar-refractivity contribution is 5.81. The summed E-state index contributed by atoms with van der Waals surface area (Å²) in [5, 5.41) is 14.3. The first kappa shape index (κ1) is 13.2. The Bertz CT molecular complexity index is 550. The first-order valence-electron chi connectivity index (χ1n) is 5.99. The second-order valence-corrected chi connectivity index (χ2v) is 4.30. The molecule has 0 aliphatic rings. The molecule has 7 nitrogen and oxygen atoms in total. The Balaban J connectivity index is 2.23. The molecule has 1 aromatic carbocycles. The van der Waals surface area contributed by atoms with E-state index in [0.717, 1.165) is 5.69 Å². The van der Waals surface area contributed by atoms with Crippen LogP contribution < -0.4 is 11.1 Å². The summed E-state index contributed by atoms with van der Waals surface area (Å²) in [4.78, 5) is 11.6. The summed E-state index contributed by atoms with van der Waals surface area (Å²) in [5.41, 5.74) is 6.35. The minimum atomic E-state index is -0.566. The first-order chi connectivity index (χ1) is 9.09. The van der Waals surface area contributed by atoms with E-state index in [0.29, 0.717) is 5.82 Å². The number of para-hydroxylation sites is 1. The number of carbonyl (C=O) groups excluding carboxylic acids is 1. The monoisotopic (exact) mass is 260 g/mol. The molecule has 0 saturated carbocycles. The summed E-state index contributed by atoms with van der Waals surface area (Å²) in [6, 6.07) is 8.59. The highest BCUT2D eigenvalue weighted by atomic mass is 16.2. The highest BCUT2D eigenvalue weighted by Crippen LogP contribution is 2.13. The van der Waals surface area contributed by atoms with Crippen molar-refractivity contribution in [1.82, 2.24) is 25.5 Å².